The van der Waals surface area contributed by atoms with Crippen LogP contribution in [0.5, 0.6) is 11.5 Å². The number of ether oxygens (including phenoxy) is 1. The van der Waals surface area contributed by atoms with E-state index in [4.69, 9.17) is 4.74 Å². The summed E-state index contributed by atoms with van der Waals surface area (Å²) in [5.41, 5.74) is 0.981. The number of carbonyl (C=O) groups excluding carboxylic acids is 2. The molecule has 7 heteroatoms. The molecule has 1 unspecified atom stereocenters. The van der Waals surface area contributed by atoms with Crippen LogP contribution in [0.25, 0.3) is 5.76 Å². The summed E-state index contributed by atoms with van der Waals surface area (Å²) in [6, 6.07) is 12.4. The van der Waals surface area contributed by atoms with E-state index >= 15 is 0 Å². The number of aliphatic hydroxyl groups excluding tert-OH is 1. The molecule has 0 radical (unpaired) electrons. The molecule has 32 heavy (non-hydrogen) atoms. The molecule has 0 saturated carbocycles. The molecular weight excluding hydrogens is 408 g/mol. The standard InChI is InChI=1S/C25H30N2O5/c1-16(2)15-32-20-10-8-17(9-11-20)23(29)21-22(18-6-5-7-19(28)14-18)27(13-12-26(3)4)25(31)24(21)30/h5-11,14,16,22,28-29H,12-13,15H2,1-4H3/b23-21-. The summed E-state index contributed by atoms with van der Waals surface area (Å²) in [5, 5.41) is 21.1. The number of aromatic hydroxyl groups is 1. The quantitative estimate of drug-likeness (QED) is 0.373. The minimum absolute atomic E-state index is 0.00945. The lowest BCUT2D eigenvalue weighted by Crippen LogP contribution is -2.35. The van der Waals surface area contributed by atoms with Crippen molar-refractivity contribution in [3.05, 3.63) is 65.2 Å². The number of nitrogens with zero attached hydrogens (tertiary/aromatic N) is 2. The predicted octanol–water partition coefficient (Wildman–Crippen LogP) is 3.41. The Morgan fingerprint density at radius 2 is 1.81 bits per heavy atom. The van der Waals surface area contributed by atoms with Gasteiger partial charge in [-0.1, -0.05) is 26.0 Å². The van der Waals surface area contributed by atoms with Gasteiger partial charge in [0.2, 0.25) is 0 Å². The summed E-state index contributed by atoms with van der Waals surface area (Å²) in [6.07, 6.45) is 0. The van der Waals surface area contributed by atoms with Gasteiger partial charge in [-0.05, 0) is 62.0 Å². The van der Waals surface area contributed by atoms with E-state index in [-0.39, 0.29) is 17.1 Å². The normalized spacial score (nSPS) is 18.1. The molecule has 2 aromatic carbocycles. The van der Waals surface area contributed by atoms with Gasteiger partial charge in [-0.3, -0.25) is 9.59 Å². The second-order valence-corrected chi connectivity index (χ2v) is 8.62. The van der Waals surface area contributed by atoms with E-state index in [0.29, 0.717) is 42.5 Å². The van der Waals surface area contributed by atoms with Crippen molar-refractivity contribution in [1.29, 1.82) is 0 Å². The number of carbonyl (C=O) groups is 2. The zero-order valence-electron chi connectivity index (χ0n) is 18.9. The summed E-state index contributed by atoms with van der Waals surface area (Å²) in [5.74, 6) is -0.602. The Balaban J connectivity index is 2.03. The van der Waals surface area contributed by atoms with Crippen molar-refractivity contribution in [2.24, 2.45) is 5.92 Å². The first kappa shape index (κ1) is 23.3. The van der Waals surface area contributed by atoms with E-state index in [9.17, 15) is 19.8 Å². The Bertz CT molecular complexity index is 1010. The van der Waals surface area contributed by atoms with Crippen molar-refractivity contribution in [2.45, 2.75) is 19.9 Å². The molecule has 3 rings (SSSR count). The zero-order valence-corrected chi connectivity index (χ0v) is 18.9. The lowest BCUT2D eigenvalue weighted by Gasteiger charge is -2.26. The molecule has 0 aromatic heterocycles. The number of phenolic OH excluding ortho intramolecular Hbond substituents is 1. The number of likely N-dealkylation sites (N-methyl/N-ethyl adjacent to an activating group) is 1. The van der Waals surface area contributed by atoms with Gasteiger partial charge in [0.15, 0.2) is 0 Å². The molecule has 1 aliphatic heterocycles. The molecule has 1 fully saturated rings. The number of ketones is 1. The lowest BCUT2D eigenvalue weighted by molar-refractivity contribution is -0.140. The van der Waals surface area contributed by atoms with Crippen molar-refractivity contribution < 1.29 is 24.5 Å². The maximum Gasteiger partial charge on any atom is 0.295 e. The van der Waals surface area contributed by atoms with Crippen LogP contribution in [0, 0.1) is 5.92 Å². The van der Waals surface area contributed by atoms with Crippen molar-refractivity contribution in [3.8, 4) is 11.5 Å². The van der Waals surface area contributed by atoms with Crippen molar-refractivity contribution in [2.75, 3.05) is 33.8 Å². The van der Waals surface area contributed by atoms with Crippen LogP contribution in [-0.4, -0.2) is 65.5 Å². The van der Waals surface area contributed by atoms with Gasteiger partial charge in [0, 0.05) is 18.7 Å². The first-order valence-electron chi connectivity index (χ1n) is 10.6. The van der Waals surface area contributed by atoms with Gasteiger partial charge in [0.1, 0.15) is 17.3 Å². The highest BCUT2D eigenvalue weighted by molar-refractivity contribution is 6.46. The van der Waals surface area contributed by atoms with Crippen LogP contribution in [0.1, 0.15) is 31.0 Å². The maximum absolute atomic E-state index is 13.0. The molecule has 0 bridgehead atoms. The third-order valence-electron chi connectivity index (χ3n) is 5.23. The fourth-order valence-electron chi connectivity index (χ4n) is 3.59. The number of benzene rings is 2. The summed E-state index contributed by atoms with van der Waals surface area (Å²) >= 11 is 0. The van der Waals surface area contributed by atoms with E-state index in [1.807, 2.05) is 19.0 Å². The number of phenols is 1. The number of aliphatic hydroxyl groups is 1. The van der Waals surface area contributed by atoms with Gasteiger partial charge < -0.3 is 24.7 Å². The van der Waals surface area contributed by atoms with Crippen LogP contribution in [0.3, 0.4) is 0 Å². The van der Waals surface area contributed by atoms with E-state index in [0.717, 1.165) is 0 Å². The molecule has 170 valence electrons. The van der Waals surface area contributed by atoms with E-state index in [1.165, 1.54) is 17.0 Å². The molecule has 7 nitrogen and oxygen atoms in total. The first-order valence-corrected chi connectivity index (χ1v) is 10.6. The van der Waals surface area contributed by atoms with Gasteiger partial charge in [0.25, 0.3) is 11.7 Å². The van der Waals surface area contributed by atoms with Crippen LogP contribution < -0.4 is 4.74 Å². The summed E-state index contributed by atoms with van der Waals surface area (Å²) in [6.45, 7) is 5.52. The Morgan fingerprint density at radius 1 is 1.12 bits per heavy atom. The van der Waals surface area contributed by atoms with Crippen molar-refractivity contribution in [3.63, 3.8) is 0 Å². The first-order chi connectivity index (χ1) is 15.2. The minimum atomic E-state index is -0.793. The number of rotatable bonds is 8. The highest BCUT2D eigenvalue weighted by atomic mass is 16.5. The molecule has 1 saturated heterocycles. The SMILES string of the molecule is CC(C)COc1ccc(/C(O)=C2/C(=O)C(=O)N(CCN(C)C)C2c2cccc(O)c2)cc1. The van der Waals surface area contributed by atoms with Gasteiger partial charge in [-0.15, -0.1) is 0 Å². The highest BCUT2D eigenvalue weighted by Gasteiger charge is 2.45. The second kappa shape index (κ2) is 9.87. The molecule has 0 spiro atoms. The van der Waals surface area contributed by atoms with Crippen molar-refractivity contribution >= 4 is 17.4 Å². The molecular formula is C25H30N2O5. The highest BCUT2D eigenvalue weighted by Crippen LogP contribution is 2.40. The van der Waals surface area contributed by atoms with Gasteiger partial charge in [-0.25, -0.2) is 0 Å². The summed E-state index contributed by atoms with van der Waals surface area (Å²) in [4.78, 5) is 29.2. The lowest BCUT2D eigenvalue weighted by atomic mass is 9.95. The maximum atomic E-state index is 13.0. The molecule has 1 amide bonds. The number of likely N-dealkylation sites (tertiary alicyclic amines) is 1. The molecule has 1 atom stereocenters. The number of hydrogen-bond acceptors (Lipinski definition) is 6. The van der Waals surface area contributed by atoms with E-state index in [1.54, 1.807) is 36.4 Å². The Kier molecular flexibility index (Phi) is 7.20. The smallest absolute Gasteiger partial charge is 0.295 e. The average molecular weight is 439 g/mol. The van der Waals surface area contributed by atoms with Crippen LogP contribution >= 0.6 is 0 Å². The number of hydrogen-bond donors (Lipinski definition) is 2. The van der Waals surface area contributed by atoms with Gasteiger partial charge in [0.05, 0.1) is 18.2 Å². The second-order valence-electron chi connectivity index (χ2n) is 8.62. The third-order valence-corrected chi connectivity index (χ3v) is 5.23. The Morgan fingerprint density at radius 3 is 2.41 bits per heavy atom. The fraction of sp³-hybridized carbons (Fsp3) is 0.360. The molecule has 1 aliphatic rings. The van der Waals surface area contributed by atoms with Crippen molar-refractivity contribution in [1.82, 2.24) is 9.80 Å². The van der Waals surface area contributed by atoms with Crippen LogP contribution in [0.15, 0.2) is 54.1 Å². The topological polar surface area (TPSA) is 90.3 Å². The monoisotopic (exact) mass is 438 g/mol. The van der Waals surface area contributed by atoms with Gasteiger partial charge in [-0.2, -0.15) is 0 Å². The average Bonchev–Trinajstić information content (AvgIpc) is 3.01. The molecule has 1 heterocycles. The van der Waals surface area contributed by atoms with Crippen LogP contribution in [0.2, 0.25) is 0 Å². The zero-order chi connectivity index (χ0) is 23.4. The van der Waals surface area contributed by atoms with E-state index < -0.39 is 17.7 Å². The van der Waals surface area contributed by atoms with Crippen LogP contribution in [-0.2, 0) is 9.59 Å². The predicted molar refractivity (Wildman–Crippen MR) is 122 cm³/mol. The number of Topliss-reactive ketones (excluding diaryl/α,β-unsaturated/α-hetero) is 1. The Labute approximate surface area is 188 Å². The summed E-state index contributed by atoms with van der Waals surface area (Å²) < 4.78 is 5.68. The number of amides is 1. The molecule has 0 aliphatic carbocycles. The van der Waals surface area contributed by atoms with Crippen LogP contribution in [0.4, 0.5) is 0 Å². The largest absolute Gasteiger partial charge is 0.508 e. The summed E-state index contributed by atoms with van der Waals surface area (Å²) in [7, 11) is 3.76. The third kappa shape index (κ3) is 5.11. The molecule has 2 N–H and O–H groups in total. The molecule has 2 aromatic rings. The Hall–Kier alpha value is -3.32. The van der Waals surface area contributed by atoms with Gasteiger partial charge >= 0.3 is 0 Å². The van der Waals surface area contributed by atoms with E-state index in [2.05, 4.69) is 13.8 Å². The minimum Gasteiger partial charge on any atom is -0.508 e. The fourth-order valence-corrected chi connectivity index (χ4v) is 3.59.